The fourth-order valence-corrected chi connectivity index (χ4v) is 6.34. The third-order valence-electron chi connectivity index (χ3n) is 7.44. The minimum Gasteiger partial charge on any atom is -0.389 e. The van der Waals surface area contributed by atoms with Crippen molar-refractivity contribution < 1.29 is 15.0 Å². The van der Waals surface area contributed by atoms with E-state index in [2.05, 4.69) is 12.8 Å². The van der Waals surface area contributed by atoms with E-state index in [0.717, 1.165) is 43.3 Å². The van der Waals surface area contributed by atoms with Crippen molar-refractivity contribution in [2.24, 2.45) is 17.3 Å². The Morgan fingerprint density at radius 3 is 2.83 bits per heavy atom. The van der Waals surface area contributed by atoms with Gasteiger partial charge < -0.3 is 10.2 Å². The predicted molar refractivity (Wildman–Crippen MR) is 91.9 cm³/mol. The molecule has 4 aliphatic carbocycles. The summed E-state index contributed by atoms with van der Waals surface area (Å²) in [5.74, 6) is 3.54. The van der Waals surface area contributed by atoms with Gasteiger partial charge in [-0.25, -0.2) is 0 Å². The first-order chi connectivity index (χ1) is 11.5. The minimum absolute atomic E-state index is 0.212. The number of hydrogen-bond acceptors (Lipinski definition) is 3. The Bertz CT molecular complexity index is 694. The number of carbonyl (C=O) groups excluding carboxylic acids is 1. The molecular weight excluding hydrogens is 300 g/mol. The number of carbonyl (C=O) groups is 1. The van der Waals surface area contributed by atoms with Gasteiger partial charge in [0.1, 0.15) is 5.60 Å². The molecule has 2 fully saturated rings. The lowest BCUT2D eigenvalue weighted by molar-refractivity contribution is -0.114. The average Bonchev–Trinajstić information content (AvgIpc) is 2.88. The van der Waals surface area contributed by atoms with Crippen LogP contribution in [0.15, 0.2) is 22.8 Å². The van der Waals surface area contributed by atoms with E-state index in [1.54, 1.807) is 6.08 Å². The fraction of sp³-hybridized carbons (Fsp3) is 0.667. The molecular formula is C21H26O3. The van der Waals surface area contributed by atoms with E-state index in [1.165, 1.54) is 5.57 Å². The molecule has 0 aromatic heterocycles. The van der Waals surface area contributed by atoms with Crippen LogP contribution in [0.25, 0.3) is 0 Å². The van der Waals surface area contributed by atoms with Gasteiger partial charge in [0.05, 0.1) is 6.10 Å². The number of aliphatic hydroxyl groups is 2. The molecule has 0 radical (unpaired) electrons. The monoisotopic (exact) mass is 326 g/mol. The lowest BCUT2D eigenvalue weighted by Gasteiger charge is -2.53. The molecule has 0 aromatic rings. The van der Waals surface area contributed by atoms with Crippen molar-refractivity contribution in [1.82, 2.24) is 0 Å². The highest BCUT2D eigenvalue weighted by molar-refractivity contribution is 5.93. The Morgan fingerprint density at radius 2 is 2.12 bits per heavy atom. The van der Waals surface area contributed by atoms with Crippen molar-refractivity contribution in [2.75, 3.05) is 0 Å². The zero-order chi connectivity index (χ0) is 17.1. The van der Waals surface area contributed by atoms with Crippen LogP contribution in [0, 0.1) is 29.6 Å². The molecule has 3 nitrogen and oxygen atoms in total. The van der Waals surface area contributed by atoms with Gasteiger partial charge >= 0.3 is 0 Å². The Morgan fingerprint density at radius 1 is 1.33 bits per heavy atom. The highest BCUT2D eigenvalue weighted by atomic mass is 16.3. The lowest BCUT2D eigenvalue weighted by atomic mass is 9.52. The molecule has 2 N–H and O–H groups in total. The van der Waals surface area contributed by atoms with Crippen LogP contribution < -0.4 is 0 Å². The molecule has 3 heteroatoms. The molecule has 0 unspecified atom stereocenters. The lowest BCUT2D eigenvalue weighted by Crippen LogP contribution is -2.54. The topological polar surface area (TPSA) is 57.5 Å². The smallest absolute Gasteiger partial charge is 0.156 e. The van der Waals surface area contributed by atoms with E-state index in [4.69, 9.17) is 6.42 Å². The van der Waals surface area contributed by atoms with Crippen LogP contribution in [-0.4, -0.2) is 27.7 Å². The van der Waals surface area contributed by atoms with Gasteiger partial charge in [-0.2, -0.15) is 0 Å². The Balaban J connectivity index is 1.82. The summed E-state index contributed by atoms with van der Waals surface area (Å²) < 4.78 is 0. The maximum atomic E-state index is 11.7. The molecule has 0 bridgehead atoms. The fourth-order valence-electron chi connectivity index (χ4n) is 6.34. The number of hydrogen-bond donors (Lipinski definition) is 2. The molecule has 4 rings (SSSR count). The summed E-state index contributed by atoms with van der Waals surface area (Å²) in [7, 11) is 0. The Hall–Kier alpha value is -1.37. The number of fused-ring (bicyclic) bond motifs is 4. The van der Waals surface area contributed by atoms with Gasteiger partial charge in [0, 0.05) is 11.8 Å². The summed E-state index contributed by atoms with van der Waals surface area (Å²) in [4.78, 5) is 11.7. The second kappa shape index (κ2) is 5.31. The molecule has 0 saturated heterocycles. The summed E-state index contributed by atoms with van der Waals surface area (Å²) in [6.45, 7) is 2.10. The molecule has 4 aliphatic rings. The van der Waals surface area contributed by atoms with Crippen LogP contribution in [-0.2, 0) is 4.79 Å². The predicted octanol–water partition coefficient (Wildman–Crippen LogP) is 2.92. The first kappa shape index (κ1) is 16.1. The first-order valence-corrected chi connectivity index (χ1v) is 9.30. The molecule has 0 aliphatic heterocycles. The quantitative estimate of drug-likeness (QED) is 0.729. The van der Waals surface area contributed by atoms with Crippen LogP contribution in [0.3, 0.4) is 0 Å². The van der Waals surface area contributed by atoms with E-state index < -0.39 is 11.7 Å². The van der Waals surface area contributed by atoms with Crippen molar-refractivity contribution in [3.8, 4) is 12.3 Å². The third-order valence-corrected chi connectivity index (χ3v) is 7.44. The van der Waals surface area contributed by atoms with Gasteiger partial charge in [0.25, 0.3) is 0 Å². The molecule has 5 atom stereocenters. The maximum absolute atomic E-state index is 11.7. The van der Waals surface area contributed by atoms with Gasteiger partial charge in [-0.1, -0.05) is 12.8 Å². The van der Waals surface area contributed by atoms with E-state index in [-0.39, 0.29) is 11.2 Å². The Kier molecular flexibility index (Phi) is 3.57. The average molecular weight is 326 g/mol. The van der Waals surface area contributed by atoms with Crippen LogP contribution in [0.2, 0.25) is 0 Å². The molecule has 0 heterocycles. The summed E-state index contributed by atoms with van der Waals surface area (Å²) >= 11 is 0. The number of ketones is 1. The Labute approximate surface area is 143 Å². The van der Waals surface area contributed by atoms with Crippen LogP contribution in [0.5, 0.6) is 0 Å². The van der Waals surface area contributed by atoms with Crippen LogP contribution in [0.4, 0.5) is 0 Å². The van der Waals surface area contributed by atoms with E-state index in [0.29, 0.717) is 31.1 Å². The minimum atomic E-state index is -1.09. The van der Waals surface area contributed by atoms with Gasteiger partial charge in [0.15, 0.2) is 5.78 Å². The van der Waals surface area contributed by atoms with Crippen molar-refractivity contribution in [2.45, 2.75) is 70.0 Å². The summed E-state index contributed by atoms with van der Waals surface area (Å²) in [6.07, 6.45) is 13.1. The number of rotatable bonds is 1. The SMILES string of the molecule is C#C[C@]1(O)CC[C@H]2[C@@H]3CCC4=CC(=O)CCC4=C3[C@@H](O)C[C@@]21CC. The van der Waals surface area contributed by atoms with Gasteiger partial charge in [-0.05, 0) is 79.6 Å². The molecule has 0 spiro atoms. The summed E-state index contributed by atoms with van der Waals surface area (Å²) in [5.41, 5.74) is 2.07. The summed E-state index contributed by atoms with van der Waals surface area (Å²) in [6, 6.07) is 0. The highest BCUT2D eigenvalue weighted by Crippen LogP contribution is 2.64. The van der Waals surface area contributed by atoms with Gasteiger partial charge in [0.2, 0.25) is 0 Å². The molecule has 2 saturated carbocycles. The molecule has 128 valence electrons. The second-order valence-corrected chi connectivity index (χ2v) is 8.09. The zero-order valence-electron chi connectivity index (χ0n) is 14.3. The van der Waals surface area contributed by atoms with E-state index >= 15 is 0 Å². The molecule has 24 heavy (non-hydrogen) atoms. The van der Waals surface area contributed by atoms with Crippen molar-refractivity contribution in [3.05, 3.63) is 22.8 Å². The molecule has 0 aromatic carbocycles. The maximum Gasteiger partial charge on any atom is 0.156 e. The van der Waals surface area contributed by atoms with Gasteiger partial charge in [-0.3, -0.25) is 4.79 Å². The first-order valence-electron chi connectivity index (χ1n) is 9.30. The van der Waals surface area contributed by atoms with E-state index in [9.17, 15) is 15.0 Å². The standard InChI is InChI=1S/C21H26O3/c1-3-20-12-18(23)19-15-8-6-14(22)11-13(15)5-7-16(19)17(20)9-10-21(20,24)4-2/h2,11,16-18,23-24H,3,5-10,12H2,1H3/t16-,17-,18-,20-,21-/m0/s1. The van der Waals surface area contributed by atoms with E-state index in [1.807, 2.05) is 0 Å². The number of aliphatic hydroxyl groups excluding tert-OH is 1. The number of allylic oxidation sites excluding steroid dienone is 3. The highest BCUT2D eigenvalue weighted by Gasteiger charge is 2.63. The third kappa shape index (κ3) is 1.90. The van der Waals surface area contributed by atoms with Crippen molar-refractivity contribution in [3.63, 3.8) is 0 Å². The largest absolute Gasteiger partial charge is 0.389 e. The number of terminal acetylenes is 1. The van der Waals surface area contributed by atoms with Gasteiger partial charge in [-0.15, -0.1) is 6.42 Å². The summed E-state index contributed by atoms with van der Waals surface area (Å²) in [5, 5.41) is 22.1. The van der Waals surface area contributed by atoms with Crippen molar-refractivity contribution in [1.29, 1.82) is 0 Å². The normalized spacial score (nSPS) is 44.3. The second-order valence-electron chi connectivity index (χ2n) is 8.09. The van der Waals surface area contributed by atoms with Crippen LogP contribution in [0.1, 0.15) is 58.3 Å². The molecule has 0 amide bonds. The van der Waals surface area contributed by atoms with Crippen LogP contribution >= 0.6 is 0 Å². The van der Waals surface area contributed by atoms with Crippen molar-refractivity contribution >= 4 is 5.78 Å². The zero-order valence-corrected chi connectivity index (χ0v) is 14.3.